The van der Waals surface area contributed by atoms with Crippen molar-refractivity contribution < 1.29 is 8.95 Å². The van der Waals surface area contributed by atoms with Crippen LogP contribution in [0.4, 0.5) is 0 Å². The molecule has 0 aromatic carbocycles. The van der Waals surface area contributed by atoms with E-state index in [4.69, 9.17) is 4.74 Å². The maximum absolute atomic E-state index is 11.6. The average Bonchev–Trinajstić information content (AvgIpc) is 2.19. The van der Waals surface area contributed by atoms with E-state index >= 15 is 0 Å². The quantitative estimate of drug-likeness (QED) is 0.622. The molecule has 0 amide bonds. The largest absolute Gasteiger partial charge is 0.379 e. The monoisotopic (exact) mass is 206 g/mol. The minimum Gasteiger partial charge on any atom is -0.379 e. The first-order valence-corrected chi connectivity index (χ1v) is 6.04. The third-order valence-electron chi connectivity index (χ3n) is 1.96. The van der Waals surface area contributed by atoms with Crippen molar-refractivity contribution in [3.8, 4) is 0 Å². The lowest BCUT2D eigenvalue weighted by atomic mass is 10.5. The van der Waals surface area contributed by atoms with Crippen LogP contribution in [-0.2, 0) is 15.7 Å². The van der Waals surface area contributed by atoms with Crippen molar-refractivity contribution in [2.75, 3.05) is 45.1 Å². The summed E-state index contributed by atoms with van der Waals surface area (Å²) in [4.78, 5) is 0. The van der Waals surface area contributed by atoms with Gasteiger partial charge in [0.05, 0.1) is 30.0 Å². The molecule has 4 nitrogen and oxygen atoms in total. The summed E-state index contributed by atoms with van der Waals surface area (Å²) in [7, 11) is -0.817. The summed E-state index contributed by atoms with van der Waals surface area (Å²) in [5, 5.41) is 3.17. The van der Waals surface area contributed by atoms with E-state index < -0.39 is 11.0 Å². The zero-order chi connectivity index (χ0) is 9.52. The Kier molecular flexibility index (Phi) is 5.54. The van der Waals surface area contributed by atoms with Gasteiger partial charge in [-0.15, -0.1) is 0 Å². The molecule has 0 saturated carbocycles. The Bertz CT molecular complexity index is 160. The fraction of sp³-hybridized carbons (Fsp3) is 1.00. The number of rotatable bonds is 5. The molecule has 0 aliphatic carbocycles. The molecule has 1 unspecified atom stereocenters. The summed E-state index contributed by atoms with van der Waals surface area (Å²) in [6.45, 7) is 6.87. The van der Waals surface area contributed by atoms with Crippen molar-refractivity contribution in [3.63, 3.8) is 0 Å². The number of hydrogen-bond acceptors (Lipinski definition) is 3. The normalized spacial score (nSPS) is 21.6. The lowest BCUT2D eigenvalue weighted by Crippen LogP contribution is -2.39. The second kappa shape index (κ2) is 6.48. The molecule has 0 bridgehead atoms. The van der Waals surface area contributed by atoms with Gasteiger partial charge in [-0.25, -0.2) is 8.51 Å². The highest BCUT2D eigenvalue weighted by atomic mass is 32.2. The molecule has 1 fully saturated rings. The first-order valence-electron chi connectivity index (χ1n) is 4.76. The molecule has 1 rings (SSSR count). The third-order valence-corrected chi connectivity index (χ3v) is 3.46. The van der Waals surface area contributed by atoms with Crippen LogP contribution in [0.5, 0.6) is 0 Å². The van der Waals surface area contributed by atoms with Gasteiger partial charge in [0.1, 0.15) is 0 Å². The van der Waals surface area contributed by atoms with Crippen molar-refractivity contribution in [2.45, 2.75) is 6.92 Å². The summed E-state index contributed by atoms with van der Waals surface area (Å²) < 4.78 is 18.8. The molecule has 1 saturated heterocycles. The van der Waals surface area contributed by atoms with E-state index in [1.54, 1.807) is 0 Å². The molecule has 1 atom stereocenters. The Labute approximate surface area is 82.2 Å². The van der Waals surface area contributed by atoms with Crippen molar-refractivity contribution in [2.24, 2.45) is 0 Å². The minimum absolute atomic E-state index is 0.715. The number of ether oxygens (including phenoxy) is 1. The fourth-order valence-electron chi connectivity index (χ4n) is 1.22. The smallest absolute Gasteiger partial charge is 0.0957 e. The molecule has 13 heavy (non-hydrogen) atoms. The van der Waals surface area contributed by atoms with Gasteiger partial charge < -0.3 is 10.1 Å². The molecule has 1 N–H and O–H groups in total. The maximum Gasteiger partial charge on any atom is 0.0957 e. The van der Waals surface area contributed by atoms with Crippen molar-refractivity contribution in [3.05, 3.63) is 0 Å². The molecule has 1 aliphatic rings. The second-order valence-corrected chi connectivity index (χ2v) is 4.49. The van der Waals surface area contributed by atoms with Gasteiger partial charge in [-0.1, -0.05) is 6.92 Å². The van der Waals surface area contributed by atoms with E-state index in [0.717, 1.165) is 26.2 Å². The molecule has 78 valence electrons. The number of nitrogens with one attached hydrogen (secondary N) is 1. The van der Waals surface area contributed by atoms with Gasteiger partial charge in [0.2, 0.25) is 0 Å². The van der Waals surface area contributed by atoms with Gasteiger partial charge in [0.25, 0.3) is 0 Å². The molecule has 0 aromatic rings. The second-order valence-electron chi connectivity index (χ2n) is 2.92. The lowest BCUT2D eigenvalue weighted by molar-refractivity contribution is 0.0752. The molecular formula is C8H18N2O2S. The summed E-state index contributed by atoms with van der Waals surface area (Å²) in [5.74, 6) is 0.716. The Balaban J connectivity index is 2.13. The first-order chi connectivity index (χ1) is 6.34. The molecule has 0 radical (unpaired) electrons. The lowest BCUT2D eigenvalue weighted by Gasteiger charge is -2.25. The van der Waals surface area contributed by atoms with Crippen LogP contribution in [0.2, 0.25) is 0 Å². The Morgan fingerprint density at radius 3 is 2.77 bits per heavy atom. The first kappa shape index (κ1) is 11.1. The zero-order valence-corrected chi connectivity index (χ0v) is 8.94. The Morgan fingerprint density at radius 2 is 2.15 bits per heavy atom. The van der Waals surface area contributed by atoms with E-state index in [2.05, 4.69) is 12.2 Å². The van der Waals surface area contributed by atoms with Crippen LogP contribution in [-0.4, -0.2) is 53.7 Å². The predicted molar refractivity (Wildman–Crippen MR) is 53.9 cm³/mol. The average molecular weight is 206 g/mol. The molecule has 0 spiro atoms. The summed E-state index contributed by atoms with van der Waals surface area (Å²) in [5.41, 5.74) is 0. The maximum atomic E-state index is 11.6. The number of nitrogens with zero attached hydrogens (tertiary/aromatic N) is 1. The Hall–Kier alpha value is 0.0300. The van der Waals surface area contributed by atoms with E-state index in [1.165, 1.54) is 0 Å². The van der Waals surface area contributed by atoms with Crippen LogP contribution in [0.25, 0.3) is 0 Å². The van der Waals surface area contributed by atoms with Crippen LogP contribution in [0.15, 0.2) is 0 Å². The number of hydrogen-bond donors (Lipinski definition) is 1. The zero-order valence-electron chi connectivity index (χ0n) is 8.12. The van der Waals surface area contributed by atoms with Crippen LogP contribution < -0.4 is 5.32 Å². The van der Waals surface area contributed by atoms with E-state index in [0.29, 0.717) is 19.0 Å². The predicted octanol–water partition coefficient (Wildman–Crippen LogP) is -0.408. The van der Waals surface area contributed by atoms with Crippen LogP contribution in [0.3, 0.4) is 0 Å². The van der Waals surface area contributed by atoms with Gasteiger partial charge in [0, 0.05) is 19.6 Å². The third kappa shape index (κ3) is 4.17. The molecule has 5 heteroatoms. The summed E-state index contributed by atoms with van der Waals surface area (Å²) in [6, 6.07) is 0. The van der Waals surface area contributed by atoms with Crippen molar-refractivity contribution in [1.29, 1.82) is 0 Å². The van der Waals surface area contributed by atoms with Crippen LogP contribution in [0, 0.1) is 0 Å². The highest BCUT2D eigenvalue weighted by Gasteiger charge is 2.15. The van der Waals surface area contributed by atoms with E-state index in [1.807, 2.05) is 4.31 Å². The summed E-state index contributed by atoms with van der Waals surface area (Å²) >= 11 is 0. The van der Waals surface area contributed by atoms with E-state index in [9.17, 15) is 4.21 Å². The fourth-order valence-corrected chi connectivity index (χ4v) is 2.35. The van der Waals surface area contributed by atoms with Gasteiger partial charge in [-0.05, 0) is 6.54 Å². The van der Waals surface area contributed by atoms with Gasteiger partial charge >= 0.3 is 0 Å². The SMILES string of the molecule is CCNCCS(=O)N1CCOCC1. The van der Waals surface area contributed by atoms with Gasteiger partial charge in [0.15, 0.2) is 0 Å². The Morgan fingerprint density at radius 1 is 1.46 bits per heavy atom. The molecular weight excluding hydrogens is 188 g/mol. The van der Waals surface area contributed by atoms with Crippen molar-refractivity contribution >= 4 is 11.0 Å². The van der Waals surface area contributed by atoms with Crippen LogP contribution >= 0.6 is 0 Å². The van der Waals surface area contributed by atoms with Gasteiger partial charge in [-0.3, -0.25) is 0 Å². The summed E-state index contributed by atoms with van der Waals surface area (Å²) in [6.07, 6.45) is 0. The van der Waals surface area contributed by atoms with Crippen LogP contribution in [0.1, 0.15) is 6.92 Å². The molecule has 1 heterocycles. The highest BCUT2D eigenvalue weighted by molar-refractivity contribution is 7.82. The molecule has 1 aliphatic heterocycles. The van der Waals surface area contributed by atoms with Gasteiger partial charge in [-0.2, -0.15) is 0 Å². The highest BCUT2D eigenvalue weighted by Crippen LogP contribution is 2.00. The topological polar surface area (TPSA) is 41.6 Å². The standard InChI is InChI=1S/C8H18N2O2S/c1-2-9-3-8-13(11)10-4-6-12-7-5-10/h9H,2-8H2,1H3. The minimum atomic E-state index is -0.817. The molecule has 0 aromatic heterocycles. The number of morpholine rings is 1. The van der Waals surface area contributed by atoms with E-state index in [-0.39, 0.29) is 0 Å². The van der Waals surface area contributed by atoms with Crippen molar-refractivity contribution in [1.82, 2.24) is 9.62 Å².